The lowest BCUT2D eigenvalue weighted by atomic mass is 10.1. The third kappa shape index (κ3) is 2.24. The fourth-order valence-corrected chi connectivity index (χ4v) is 2.89. The van der Waals surface area contributed by atoms with Crippen molar-refractivity contribution in [2.24, 2.45) is 0 Å². The average Bonchev–Trinajstić information content (AvgIpc) is 2.64. The van der Waals surface area contributed by atoms with E-state index in [0.717, 1.165) is 14.7 Å². The van der Waals surface area contributed by atoms with E-state index < -0.39 is 0 Å². The van der Waals surface area contributed by atoms with E-state index in [4.69, 9.17) is 0 Å². The maximum atomic E-state index is 12.4. The summed E-state index contributed by atoms with van der Waals surface area (Å²) in [6.45, 7) is 2.32. The van der Waals surface area contributed by atoms with Gasteiger partial charge >= 0.3 is 0 Å². The number of rotatable bonds is 2. The predicted molar refractivity (Wildman–Crippen MR) is 84.5 cm³/mol. The van der Waals surface area contributed by atoms with Gasteiger partial charge in [-0.25, -0.2) is 0 Å². The Labute approximate surface area is 130 Å². The molecule has 1 aliphatic heterocycles. The molecule has 3 rings (SSSR count). The smallest absolute Gasteiger partial charge is 0.261 e. The molecule has 0 unspecified atom stereocenters. The molecule has 4 heteroatoms. The maximum absolute atomic E-state index is 12.4. The molecule has 0 bridgehead atoms. The van der Waals surface area contributed by atoms with Gasteiger partial charge in [0.1, 0.15) is 0 Å². The highest BCUT2D eigenvalue weighted by atomic mass is 127. The summed E-state index contributed by atoms with van der Waals surface area (Å²) in [5.74, 6) is -0.409. The van der Waals surface area contributed by atoms with Gasteiger partial charge in [-0.3, -0.25) is 14.5 Å². The summed E-state index contributed by atoms with van der Waals surface area (Å²) in [7, 11) is 0. The summed E-state index contributed by atoms with van der Waals surface area (Å²) < 4.78 is 0.958. The first-order chi connectivity index (χ1) is 9.56. The summed E-state index contributed by atoms with van der Waals surface area (Å²) in [5.41, 5.74) is 3.10. The molecule has 0 radical (unpaired) electrons. The fourth-order valence-electron chi connectivity index (χ4n) is 2.40. The van der Waals surface area contributed by atoms with Crippen LogP contribution in [0.15, 0.2) is 42.5 Å². The number of carbonyl (C=O) groups is 2. The van der Waals surface area contributed by atoms with Crippen LogP contribution in [-0.2, 0) is 6.54 Å². The van der Waals surface area contributed by atoms with E-state index in [1.165, 1.54) is 4.90 Å². The van der Waals surface area contributed by atoms with Crippen molar-refractivity contribution < 1.29 is 9.59 Å². The van der Waals surface area contributed by atoms with Gasteiger partial charge in [0.25, 0.3) is 11.8 Å². The molecule has 3 nitrogen and oxygen atoms in total. The Morgan fingerprint density at radius 2 is 1.75 bits per heavy atom. The number of amides is 2. The number of halogens is 1. The van der Waals surface area contributed by atoms with Gasteiger partial charge in [-0.2, -0.15) is 0 Å². The van der Waals surface area contributed by atoms with Gasteiger partial charge in [-0.15, -0.1) is 0 Å². The number of nitrogens with zero attached hydrogens (tertiary/aromatic N) is 1. The minimum atomic E-state index is -0.206. The summed E-state index contributed by atoms with van der Waals surface area (Å²) in [6, 6.07) is 13.2. The Bertz CT molecular complexity index is 724. The number of benzene rings is 2. The van der Waals surface area contributed by atoms with Gasteiger partial charge in [0.15, 0.2) is 0 Å². The van der Waals surface area contributed by atoms with Crippen molar-refractivity contribution in [2.75, 3.05) is 0 Å². The molecule has 0 spiro atoms. The van der Waals surface area contributed by atoms with E-state index in [1.807, 2.05) is 37.3 Å². The van der Waals surface area contributed by atoms with Crippen molar-refractivity contribution in [2.45, 2.75) is 13.5 Å². The van der Waals surface area contributed by atoms with Crippen LogP contribution in [0.4, 0.5) is 0 Å². The van der Waals surface area contributed by atoms with Crippen molar-refractivity contribution >= 4 is 34.4 Å². The van der Waals surface area contributed by atoms with E-state index in [2.05, 4.69) is 22.6 Å². The number of hydrogen-bond donors (Lipinski definition) is 0. The number of imide groups is 1. The fraction of sp³-hybridized carbons (Fsp3) is 0.125. The van der Waals surface area contributed by atoms with Crippen molar-refractivity contribution in [1.29, 1.82) is 0 Å². The van der Waals surface area contributed by atoms with Crippen LogP contribution in [0.25, 0.3) is 0 Å². The van der Waals surface area contributed by atoms with Crippen molar-refractivity contribution in [3.63, 3.8) is 0 Å². The number of aryl methyl sites for hydroxylation is 1. The number of fused-ring (bicyclic) bond motifs is 1. The summed E-state index contributed by atoms with van der Waals surface area (Å²) in [6.07, 6.45) is 0. The summed E-state index contributed by atoms with van der Waals surface area (Å²) >= 11 is 2.14. The standard InChI is InChI=1S/C16H12INO2/c1-10-3-2-4-11(7-10)9-18-15(19)13-6-5-12(17)8-14(13)16(18)20/h2-8H,9H2,1H3. The number of carbonyl (C=O) groups excluding carboxylic acids is 2. The van der Waals surface area contributed by atoms with Crippen molar-refractivity contribution in [1.82, 2.24) is 4.90 Å². The molecule has 1 aliphatic rings. The van der Waals surface area contributed by atoms with Gasteiger partial charge in [0.05, 0.1) is 17.7 Å². The predicted octanol–water partition coefficient (Wildman–Crippen LogP) is 3.40. The Hall–Kier alpha value is -1.69. The average molecular weight is 377 g/mol. The molecule has 100 valence electrons. The maximum Gasteiger partial charge on any atom is 0.261 e. The normalized spacial score (nSPS) is 13.8. The highest BCUT2D eigenvalue weighted by molar-refractivity contribution is 14.1. The molecular formula is C16H12INO2. The topological polar surface area (TPSA) is 37.4 Å². The lowest BCUT2D eigenvalue weighted by molar-refractivity contribution is 0.0642. The van der Waals surface area contributed by atoms with Crippen molar-refractivity contribution in [3.8, 4) is 0 Å². The monoisotopic (exact) mass is 377 g/mol. The minimum Gasteiger partial charge on any atom is -0.270 e. The second-order valence-electron chi connectivity index (χ2n) is 4.88. The van der Waals surface area contributed by atoms with Crippen LogP contribution >= 0.6 is 22.6 Å². The van der Waals surface area contributed by atoms with Gasteiger partial charge in [0.2, 0.25) is 0 Å². The first kappa shape index (κ1) is 13.3. The summed E-state index contributed by atoms with van der Waals surface area (Å²) in [5, 5.41) is 0. The second kappa shape index (κ2) is 5.01. The third-order valence-electron chi connectivity index (χ3n) is 3.36. The molecule has 0 aromatic heterocycles. The van der Waals surface area contributed by atoms with Crippen molar-refractivity contribution in [3.05, 3.63) is 68.3 Å². The van der Waals surface area contributed by atoms with Gasteiger partial charge < -0.3 is 0 Å². The van der Waals surface area contributed by atoms with Gasteiger partial charge in [0, 0.05) is 3.57 Å². The minimum absolute atomic E-state index is 0.204. The molecule has 0 N–H and O–H groups in total. The molecular weight excluding hydrogens is 365 g/mol. The van der Waals surface area contributed by atoms with E-state index in [0.29, 0.717) is 17.7 Å². The quantitative estimate of drug-likeness (QED) is 0.595. The Balaban J connectivity index is 1.94. The highest BCUT2D eigenvalue weighted by Crippen LogP contribution is 2.26. The lowest BCUT2D eigenvalue weighted by Gasteiger charge is -2.14. The first-order valence-electron chi connectivity index (χ1n) is 6.27. The van der Waals surface area contributed by atoms with Crippen LogP contribution < -0.4 is 0 Å². The SMILES string of the molecule is Cc1cccc(CN2C(=O)c3ccc(I)cc3C2=O)c1. The van der Waals surface area contributed by atoms with E-state index >= 15 is 0 Å². The Morgan fingerprint density at radius 1 is 1.00 bits per heavy atom. The zero-order valence-corrected chi connectivity index (χ0v) is 13.0. The van der Waals surface area contributed by atoms with Gasteiger partial charge in [-0.1, -0.05) is 29.8 Å². The van der Waals surface area contributed by atoms with Crippen LogP contribution in [0, 0.1) is 10.5 Å². The number of hydrogen-bond acceptors (Lipinski definition) is 2. The zero-order valence-electron chi connectivity index (χ0n) is 10.9. The largest absolute Gasteiger partial charge is 0.270 e. The molecule has 0 fully saturated rings. The van der Waals surface area contributed by atoms with E-state index in [9.17, 15) is 9.59 Å². The van der Waals surface area contributed by atoms with E-state index in [-0.39, 0.29) is 11.8 Å². The van der Waals surface area contributed by atoms with E-state index in [1.54, 1.807) is 12.1 Å². The van der Waals surface area contributed by atoms with Crippen LogP contribution in [0.3, 0.4) is 0 Å². The Kier molecular flexibility index (Phi) is 3.33. The molecule has 2 amide bonds. The van der Waals surface area contributed by atoms with Crippen LogP contribution in [-0.4, -0.2) is 16.7 Å². The highest BCUT2D eigenvalue weighted by Gasteiger charge is 2.35. The molecule has 0 saturated heterocycles. The third-order valence-corrected chi connectivity index (χ3v) is 4.03. The first-order valence-corrected chi connectivity index (χ1v) is 7.35. The Morgan fingerprint density at radius 3 is 2.50 bits per heavy atom. The molecule has 0 saturated carbocycles. The molecule has 1 heterocycles. The molecule has 0 atom stereocenters. The second-order valence-corrected chi connectivity index (χ2v) is 6.12. The molecule has 0 aliphatic carbocycles. The summed E-state index contributed by atoms with van der Waals surface area (Å²) in [4.78, 5) is 26.0. The van der Waals surface area contributed by atoms with Gasteiger partial charge in [-0.05, 0) is 53.3 Å². The van der Waals surface area contributed by atoms with Crippen LogP contribution in [0.5, 0.6) is 0 Å². The molecule has 20 heavy (non-hydrogen) atoms. The molecule has 2 aromatic rings. The molecule has 2 aromatic carbocycles. The zero-order chi connectivity index (χ0) is 14.3. The van der Waals surface area contributed by atoms with Crippen LogP contribution in [0.1, 0.15) is 31.8 Å². The lowest BCUT2D eigenvalue weighted by Crippen LogP contribution is -2.29. The van der Waals surface area contributed by atoms with Crippen LogP contribution in [0.2, 0.25) is 0 Å².